The number of fused-ring (bicyclic) bond motifs is 1. The maximum Gasteiger partial charge on any atom is 0.365 e. The molecular weight excluding hydrogens is 410 g/mol. The Morgan fingerprint density at radius 3 is 2.41 bits per heavy atom. The number of carbonyl (C=O) groups is 1. The largest absolute Gasteiger partial charge is 0.493 e. The highest BCUT2D eigenvalue weighted by Crippen LogP contribution is 2.46. The SMILES string of the molecule is CC.CCCOc1cc2c(cc1\C(C)=C(F)/C=C/C(C)=C(\F)C(=O)O)C(C)CCC2(C)C. The number of rotatable bonds is 7. The maximum absolute atomic E-state index is 14.9. The molecule has 0 saturated heterocycles. The van der Waals surface area contributed by atoms with Gasteiger partial charge in [0.1, 0.15) is 11.6 Å². The Morgan fingerprint density at radius 2 is 1.84 bits per heavy atom. The molecule has 0 radical (unpaired) electrons. The average molecular weight is 449 g/mol. The van der Waals surface area contributed by atoms with E-state index < -0.39 is 17.6 Å². The average Bonchev–Trinajstić information content (AvgIpc) is 2.78. The molecule has 0 fully saturated rings. The number of benzene rings is 1. The van der Waals surface area contributed by atoms with Crippen LogP contribution in [0.5, 0.6) is 5.75 Å². The maximum atomic E-state index is 14.9. The molecule has 1 unspecified atom stereocenters. The molecular formula is C27H38F2O3. The first-order chi connectivity index (χ1) is 15.0. The molecule has 0 aliphatic heterocycles. The fourth-order valence-electron chi connectivity index (χ4n) is 3.78. The second-order valence-corrected chi connectivity index (χ2v) is 8.72. The first-order valence-electron chi connectivity index (χ1n) is 11.4. The van der Waals surface area contributed by atoms with Crippen LogP contribution < -0.4 is 4.74 Å². The Morgan fingerprint density at radius 1 is 1.22 bits per heavy atom. The third kappa shape index (κ3) is 6.54. The topological polar surface area (TPSA) is 46.5 Å². The van der Waals surface area contributed by atoms with Gasteiger partial charge in [0, 0.05) is 5.56 Å². The molecule has 0 bridgehead atoms. The summed E-state index contributed by atoms with van der Waals surface area (Å²) < 4.78 is 34.4. The van der Waals surface area contributed by atoms with Crippen molar-refractivity contribution >= 4 is 11.5 Å². The first-order valence-corrected chi connectivity index (χ1v) is 11.4. The van der Waals surface area contributed by atoms with E-state index in [4.69, 9.17) is 9.84 Å². The molecule has 1 aromatic carbocycles. The second kappa shape index (κ2) is 12.0. The smallest absolute Gasteiger partial charge is 0.365 e. The van der Waals surface area contributed by atoms with Crippen LogP contribution in [0.25, 0.3) is 5.57 Å². The van der Waals surface area contributed by atoms with Crippen molar-refractivity contribution in [3.05, 3.63) is 58.2 Å². The molecule has 2 rings (SSSR count). The van der Waals surface area contributed by atoms with Crippen LogP contribution in [-0.4, -0.2) is 17.7 Å². The molecule has 0 saturated carbocycles. The van der Waals surface area contributed by atoms with Crippen LogP contribution in [0.3, 0.4) is 0 Å². The number of hydrogen-bond donors (Lipinski definition) is 1. The molecule has 5 heteroatoms. The molecule has 0 amide bonds. The zero-order chi connectivity index (χ0) is 24.6. The molecule has 1 aliphatic carbocycles. The highest BCUT2D eigenvalue weighted by Gasteiger charge is 2.32. The first kappa shape index (κ1) is 27.6. The molecule has 0 aromatic heterocycles. The summed E-state index contributed by atoms with van der Waals surface area (Å²) in [6.07, 6.45) is 5.22. The van der Waals surface area contributed by atoms with Crippen LogP contribution in [-0.2, 0) is 10.2 Å². The van der Waals surface area contributed by atoms with E-state index in [-0.39, 0.29) is 11.0 Å². The van der Waals surface area contributed by atoms with Crippen molar-refractivity contribution in [3.8, 4) is 5.75 Å². The van der Waals surface area contributed by atoms with Gasteiger partial charge in [-0.3, -0.25) is 0 Å². The molecule has 1 atom stereocenters. The van der Waals surface area contributed by atoms with Crippen LogP contribution in [0.1, 0.15) is 97.3 Å². The zero-order valence-corrected chi connectivity index (χ0v) is 20.7. The van der Waals surface area contributed by atoms with Gasteiger partial charge < -0.3 is 9.84 Å². The molecule has 32 heavy (non-hydrogen) atoms. The molecule has 178 valence electrons. The van der Waals surface area contributed by atoms with Gasteiger partial charge >= 0.3 is 5.97 Å². The summed E-state index contributed by atoms with van der Waals surface area (Å²) in [5, 5.41) is 8.71. The Hall–Kier alpha value is -2.43. The van der Waals surface area contributed by atoms with Crippen molar-refractivity contribution in [3.63, 3.8) is 0 Å². The lowest BCUT2D eigenvalue weighted by molar-refractivity contribution is -0.134. The number of halogens is 2. The summed E-state index contributed by atoms with van der Waals surface area (Å²) in [6, 6.07) is 4.07. The fourth-order valence-corrected chi connectivity index (χ4v) is 3.78. The van der Waals surface area contributed by atoms with Gasteiger partial charge in [-0.1, -0.05) is 47.6 Å². The van der Waals surface area contributed by atoms with E-state index in [0.29, 0.717) is 29.4 Å². The predicted molar refractivity (Wildman–Crippen MR) is 129 cm³/mol. The molecule has 3 nitrogen and oxygen atoms in total. The predicted octanol–water partition coefficient (Wildman–Crippen LogP) is 8.26. The summed E-state index contributed by atoms with van der Waals surface area (Å²) in [6.45, 7) is 16.1. The second-order valence-electron chi connectivity index (χ2n) is 8.72. The van der Waals surface area contributed by atoms with Gasteiger partial charge in [0.05, 0.1) is 6.61 Å². The van der Waals surface area contributed by atoms with Gasteiger partial charge in [-0.25, -0.2) is 9.18 Å². The lowest BCUT2D eigenvalue weighted by Gasteiger charge is -2.37. The summed E-state index contributed by atoms with van der Waals surface area (Å²) in [4.78, 5) is 10.7. The standard InChI is InChI=1S/C25H32F2O3.C2H6/c1-7-12-30-22-14-20-18(15(2)10-11-25(20,5)6)13-19(22)17(4)21(26)9-8-16(3)23(27)24(28)29;1-2/h8-9,13-15H,7,10-12H2,1-6H3,(H,28,29);1-2H3/b9-8+,21-17+,23-16-;. The van der Waals surface area contributed by atoms with Crippen molar-refractivity contribution in [2.75, 3.05) is 6.61 Å². The van der Waals surface area contributed by atoms with Gasteiger partial charge in [-0.15, -0.1) is 0 Å². The molecule has 0 heterocycles. The van der Waals surface area contributed by atoms with Crippen molar-refractivity contribution < 1.29 is 23.4 Å². The van der Waals surface area contributed by atoms with Gasteiger partial charge in [0.15, 0.2) is 0 Å². The summed E-state index contributed by atoms with van der Waals surface area (Å²) in [5.74, 6) is -2.51. The number of ether oxygens (including phenoxy) is 1. The minimum Gasteiger partial charge on any atom is -0.493 e. The number of hydrogen-bond acceptors (Lipinski definition) is 2. The van der Waals surface area contributed by atoms with Crippen LogP contribution in [0.4, 0.5) is 8.78 Å². The zero-order valence-electron chi connectivity index (χ0n) is 20.7. The van der Waals surface area contributed by atoms with E-state index in [1.165, 1.54) is 18.1 Å². The van der Waals surface area contributed by atoms with Gasteiger partial charge in [0.25, 0.3) is 0 Å². The van der Waals surface area contributed by atoms with Crippen LogP contribution >= 0.6 is 0 Å². The number of aliphatic carboxylic acids is 1. The monoisotopic (exact) mass is 448 g/mol. The van der Waals surface area contributed by atoms with E-state index in [9.17, 15) is 13.6 Å². The van der Waals surface area contributed by atoms with Crippen molar-refractivity contribution in [2.45, 2.75) is 86.0 Å². The minimum atomic E-state index is -1.67. The molecule has 1 aromatic rings. The molecule has 0 spiro atoms. The Labute approximate surface area is 191 Å². The van der Waals surface area contributed by atoms with E-state index in [1.54, 1.807) is 6.92 Å². The Bertz CT molecular complexity index is 908. The highest BCUT2D eigenvalue weighted by atomic mass is 19.1. The van der Waals surface area contributed by atoms with Crippen LogP contribution in [0.2, 0.25) is 0 Å². The number of allylic oxidation sites excluding steroid dienone is 5. The lowest BCUT2D eigenvalue weighted by Crippen LogP contribution is -2.26. The number of carboxylic acid groups (broad SMARTS) is 1. The Kier molecular flexibility index (Phi) is 10.3. The van der Waals surface area contributed by atoms with E-state index >= 15 is 0 Å². The normalized spacial score (nSPS) is 18.8. The molecule has 1 aliphatic rings. The third-order valence-corrected chi connectivity index (χ3v) is 5.85. The quantitative estimate of drug-likeness (QED) is 0.337. The summed E-state index contributed by atoms with van der Waals surface area (Å²) in [7, 11) is 0. The van der Waals surface area contributed by atoms with Crippen LogP contribution in [0, 0.1) is 0 Å². The van der Waals surface area contributed by atoms with E-state index in [1.807, 2.05) is 32.9 Å². The van der Waals surface area contributed by atoms with Crippen LogP contribution in [0.15, 0.2) is 41.5 Å². The highest BCUT2D eigenvalue weighted by molar-refractivity contribution is 5.85. The van der Waals surface area contributed by atoms with Gasteiger partial charge in [0.2, 0.25) is 5.83 Å². The van der Waals surface area contributed by atoms with Crippen molar-refractivity contribution in [1.29, 1.82) is 0 Å². The summed E-state index contributed by atoms with van der Waals surface area (Å²) in [5.41, 5.74) is 3.37. The summed E-state index contributed by atoms with van der Waals surface area (Å²) >= 11 is 0. The van der Waals surface area contributed by atoms with Gasteiger partial charge in [-0.2, -0.15) is 4.39 Å². The van der Waals surface area contributed by atoms with Crippen molar-refractivity contribution in [1.82, 2.24) is 0 Å². The lowest BCUT2D eigenvalue weighted by atomic mass is 9.68. The van der Waals surface area contributed by atoms with Gasteiger partial charge in [-0.05, 0) is 84.9 Å². The van der Waals surface area contributed by atoms with Crippen molar-refractivity contribution in [2.24, 2.45) is 0 Å². The minimum absolute atomic E-state index is 0.0248. The third-order valence-electron chi connectivity index (χ3n) is 5.85. The van der Waals surface area contributed by atoms with E-state index in [0.717, 1.165) is 31.4 Å². The fraction of sp³-hybridized carbons (Fsp3) is 0.519. The Balaban J connectivity index is 0.00000249. The van der Waals surface area contributed by atoms with E-state index in [2.05, 4.69) is 20.8 Å². The molecule has 1 N–H and O–H groups in total. The number of carboxylic acids is 1.